The standard InChI is InChI=1S/C54H37N3/c1-34-21-28-42(35(2)55-34)37-24-22-36(23-25-37)40-26-29-45-43-17-9-11-19-47(43)54(49(45)31-40)48-20-12-10-18-44(48)46-30-27-41(32-50(46)54)52-33-51(38-13-5-3-6-14-38)56-53(57-52)39-15-7-4-8-16-39/h3-33H,1-2H3. The number of aromatic nitrogens is 3. The minimum Gasteiger partial charge on any atom is -0.258 e. The molecule has 1 atom stereocenters. The number of hydrogen-bond donors (Lipinski definition) is 0. The van der Waals surface area contributed by atoms with Crippen molar-refractivity contribution in [2.24, 2.45) is 0 Å². The predicted octanol–water partition coefficient (Wildman–Crippen LogP) is 13.2. The molecule has 7 aromatic carbocycles. The SMILES string of the molecule is Cc1ccc(-c2ccc(-c3ccc4c(c3)C3(c5ccccc5-4)c4ccccc4-c4ccc(-c5cc(-c6ccccc6)nc(-c6ccccc6)n5)cc43)cc2)c(C)n1. The summed E-state index contributed by atoms with van der Waals surface area (Å²) in [5.41, 5.74) is 21.5. The van der Waals surface area contributed by atoms with Gasteiger partial charge in [-0.2, -0.15) is 0 Å². The van der Waals surface area contributed by atoms with Crippen molar-refractivity contribution in [1.82, 2.24) is 15.0 Å². The number of nitrogens with zero attached hydrogens (tertiary/aromatic N) is 3. The number of fused-ring (bicyclic) bond motifs is 10. The molecule has 268 valence electrons. The summed E-state index contributed by atoms with van der Waals surface area (Å²) < 4.78 is 0. The molecule has 0 saturated carbocycles. The molecule has 3 nitrogen and oxygen atoms in total. The van der Waals surface area contributed by atoms with E-state index in [-0.39, 0.29) is 0 Å². The van der Waals surface area contributed by atoms with Gasteiger partial charge in [0.25, 0.3) is 0 Å². The van der Waals surface area contributed by atoms with Gasteiger partial charge in [0.1, 0.15) is 0 Å². The summed E-state index contributed by atoms with van der Waals surface area (Å²) in [5, 5.41) is 0. The molecule has 1 unspecified atom stereocenters. The second-order valence-corrected chi connectivity index (χ2v) is 15.2. The van der Waals surface area contributed by atoms with Gasteiger partial charge in [0.15, 0.2) is 5.82 Å². The maximum atomic E-state index is 5.26. The van der Waals surface area contributed by atoms with Gasteiger partial charge in [-0.15, -0.1) is 0 Å². The summed E-state index contributed by atoms with van der Waals surface area (Å²) >= 11 is 0. The lowest BCUT2D eigenvalue weighted by Gasteiger charge is -2.31. The highest BCUT2D eigenvalue weighted by Gasteiger charge is 2.51. The number of benzene rings is 7. The summed E-state index contributed by atoms with van der Waals surface area (Å²) in [7, 11) is 0. The van der Waals surface area contributed by atoms with Gasteiger partial charge >= 0.3 is 0 Å². The second kappa shape index (κ2) is 12.9. The lowest BCUT2D eigenvalue weighted by molar-refractivity contribution is 0.794. The maximum Gasteiger partial charge on any atom is 0.160 e. The average Bonchev–Trinajstić information content (AvgIpc) is 3.73. The highest BCUT2D eigenvalue weighted by molar-refractivity contribution is 5.97. The zero-order valence-corrected chi connectivity index (χ0v) is 31.7. The van der Waals surface area contributed by atoms with E-state index in [0.717, 1.165) is 39.5 Å². The van der Waals surface area contributed by atoms with Gasteiger partial charge in [0.2, 0.25) is 0 Å². The Morgan fingerprint density at radius 3 is 1.42 bits per heavy atom. The Balaban J connectivity index is 1.11. The van der Waals surface area contributed by atoms with Crippen molar-refractivity contribution in [3.8, 4) is 78.4 Å². The Kier molecular flexibility index (Phi) is 7.52. The van der Waals surface area contributed by atoms with Crippen molar-refractivity contribution in [1.29, 1.82) is 0 Å². The van der Waals surface area contributed by atoms with Crippen LogP contribution in [0, 0.1) is 13.8 Å². The fourth-order valence-corrected chi connectivity index (χ4v) is 9.38. The van der Waals surface area contributed by atoms with Crippen LogP contribution in [0.4, 0.5) is 0 Å². The van der Waals surface area contributed by atoms with Gasteiger partial charge in [0.05, 0.1) is 16.8 Å². The van der Waals surface area contributed by atoms with Crippen LogP contribution in [0.1, 0.15) is 33.6 Å². The van der Waals surface area contributed by atoms with Crippen molar-refractivity contribution in [2.75, 3.05) is 0 Å². The fourth-order valence-electron chi connectivity index (χ4n) is 9.38. The molecular formula is C54H37N3. The summed E-state index contributed by atoms with van der Waals surface area (Å²) in [5.74, 6) is 0.714. The van der Waals surface area contributed by atoms with Crippen LogP contribution in [0.5, 0.6) is 0 Å². The number of pyridine rings is 1. The molecule has 2 aromatic heterocycles. The van der Waals surface area contributed by atoms with Gasteiger partial charge in [-0.3, -0.25) is 4.98 Å². The molecule has 0 amide bonds. The van der Waals surface area contributed by atoms with Crippen LogP contribution in [0.2, 0.25) is 0 Å². The first kappa shape index (κ1) is 33.1. The van der Waals surface area contributed by atoms with Crippen LogP contribution in [0.15, 0.2) is 188 Å². The highest BCUT2D eigenvalue weighted by atomic mass is 14.9. The summed E-state index contributed by atoms with van der Waals surface area (Å²) in [6, 6.07) is 68.1. The average molecular weight is 728 g/mol. The Hall–Kier alpha value is -7.23. The van der Waals surface area contributed by atoms with Crippen LogP contribution in [-0.4, -0.2) is 15.0 Å². The third-order valence-electron chi connectivity index (χ3n) is 12.0. The van der Waals surface area contributed by atoms with Crippen molar-refractivity contribution in [3.05, 3.63) is 222 Å². The van der Waals surface area contributed by atoms with E-state index in [1.807, 2.05) is 31.2 Å². The monoisotopic (exact) mass is 727 g/mol. The van der Waals surface area contributed by atoms with E-state index in [9.17, 15) is 0 Å². The molecule has 0 aliphatic heterocycles. The Morgan fingerprint density at radius 1 is 0.316 bits per heavy atom. The molecular weight excluding hydrogens is 691 g/mol. The molecule has 0 bridgehead atoms. The first-order valence-corrected chi connectivity index (χ1v) is 19.6. The van der Waals surface area contributed by atoms with Gasteiger partial charge in [-0.05, 0) is 99.3 Å². The van der Waals surface area contributed by atoms with Crippen molar-refractivity contribution < 1.29 is 0 Å². The van der Waals surface area contributed by atoms with E-state index in [4.69, 9.17) is 15.0 Å². The van der Waals surface area contributed by atoms with Gasteiger partial charge in [-0.25, -0.2) is 9.97 Å². The molecule has 0 fully saturated rings. The fraction of sp³-hybridized carbons (Fsp3) is 0.0556. The van der Waals surface area contributed by atoms with Crippen LogP contribution in [-0.2, 0) is 5.41 Å². The molecule has 11 rings (SSSR count). The van der Waals surface area contributed by atoms with Crippen LogP contribution in [0.3, 0.4) is 0 Å². The van der Waals surface area contributed by atoms with Crippen LogP contribution >= 0.6 is 0 Å². The molecule has 57 heavy (non-hydrogen) atoms. The van der Waals surface area contributed by atoms with E-state index < -0.39 is 5.41 Å². The third-order valence-corrected chi connectivity index (χ3v) is 12.0. The zero-order chi connectivity index (χ0) is 38.1. The third kappa shape index (κ3) is 5.16. The lowest BCUT2D eigenvalue weighted by atomic mass is 9.70. The molecule has 1 spiro atoms. The van der Waals surface area contributed by atoms with Crippen molar-refractivity contribution in [3.63, 3.8) is 0 Å². The number of hydrogen-bond acceptors (Lipinski definition) is 3. The highest BCUT2D eigenvalue weighted by Crippen LogP contribution is 2.63. The van der Waals surface area contributed by atoms with E-state index in [2.05, 4.69) is 171 Å². The van der Waals surface area contributed by atoms with E-state index in [1.54, 1.807) is 0 Å². The smallest absolute Gasteiger partial charge is 0.160 e. The molecule has 0 saturated heterocycles. The molecule has 2 aliphatic rings. The van der Waals surface area contributed by atoms with Crippen LogP contribution < -0.4 is 0 Å². The Bertz CT molecular complexity index is 2950. The molecule has 9 aromatic rings. The zero-order valence-electron chi connectivity index (χ0n) is 31.7. The topological polar surface area (TPSA) is 38.7 Å². The quantitative estimate of drug-likeness (QED) is 0.177. The molecule has 0 N–H and O–H groups in total. The van der Waals surface area contributed by atoms with E-state index in [1.165, 1.54) is 66.8 Å². The summed E-state index contributed by atoms with van der Waals surface area (Å²) in [4.78, 5) is 15.1. The molecule has 2 heterocycles. The lowest BCUT2D eigenvalue weighted by Crippen LogP contribution is -2.26. The van der Waals surface area contributed by atoms with E-state index in [0.29, 0.717) is 5.82 Å². The Morgan fingerprint density at radius 2 is 0.789 bits per heavy atom. The predicted molar refractivity (Wildman–Crippen MR) is 233 cm³/mol. The van der Waals surface area contributed by atoms with E-state index >= 15 is 0 Å². The molecule has 2 aliphatic carbocycles. The van der Waals surface area contributed by atoms with Crippen LogP contribution in [0.25, 0.3) is 78.4 Å². The first-order chi connectivity index (χ1) is 28.1. The van der Waals surface area contributed by atoms with Gasteiger partial charge in [-0.1, -0.05) is 164 Å². The normalized spacial score (nSPS) is 14.6. The van der Waals surface area contributed by atoms with Gasteiger partial charge < -0.3 is 0 Å². The van der Waals surface area contributed by atoms with Crippen molar-refractivity contribution in [2.45, 2.75) is 19.3 Å². The first-order valence-electron chi connectivity index (χ1n) is 19.6. The summed E-state index contributed by atoms with van der Waals surface area (Å²) in [6.45, 7) is 4.13. The number of aryl methyl sites for hydroxylation is 2. The number of rotatable bonds is 5. The van der Waals surface area contributed by atoms with Gasteiger partial charge in [0, 0.05) is 33.6 Å². The molecule has 0 radical (unpaired) electrons. The molecule has 3 heteroatoms. The minimum absolute atomic E-state index is 0.508. The largest absolute Gasteiger partial charge is 0.258 e. The minimum atomic E-state index is -0.508. The summed E-state index contributed by atoms with van der Waals surface area (Å²) in [6.07, 6.45) is 0. The Labute approximate surface area is 333 Å². The maximum absolute atomic E-state index is 5.26. The second-order valence-electron chi connectivity index (χ2n) is 15.2. The van der Waals surface area contributed by atoms with Crippen molar-refractivity contribution >= 4 is 0 Å².